The van der Waals surface area contributed by atoms with Gasteiger partial charge in [-0.2, -0.15) is 0 Å². The fourth-order valence-corrected chi connectivity index (χ4v) is 3.80. The van der Waals surface area contributed by atoms with Crippen molar-refractivity contribution in [3.63, 3.8) is 0 Å². The van der Waals surface area contributed by atoms with Crippen molar-refractivity contribution in [1.82, 2.24) is 4.72 Å². The van der Waals surface area contributed by atoms with Crippen molar-refractivity contribution in [2.24, 2.45) is 0 Å². The first-order chi connectivity index (χ1) is 10.4. The SMILES string of the molecule is O=S(=O)(NCCCc1ccccc1)c1cc(Cl)cc(Cl)c1O. The van der Waals surface area contributed by atoms with Gasteiger partial charge in [0.05, 0.1) is 5.02 Å². The van der Waals surface area contributed by atoms with Gasteiger partial charge in [0.25, 0.3) is 0 Å². The second-order valence-electron chi connectivity index (χ2n) is 4.72. The van der Waals surface area contributed by atoms with Crippen LogP contribution in [0.2, 0.25) is 10.0 Å². The van der Waals surface area contributed by atoms with E-state index < -0.39 is 15.8 Å². The Hall–Kier alpha value is -1.27. The maximum atomic E-state index is 12.2. The highest BCUT2D eigenvalue weighted by Gasteiger charge is 2.21. The lowest BCUT2D eigenvalue weighted by Gasteiger charge is -2.10. The Bertz CT molecular complexity index is 749. The lowest BCUT2D eigenvalue weighted by Crippen LogP contribution is -2.25. The molecule has 0 heterocycles. The number of hydrogen-bond acceptors (Lipinski definition) is 3. The van der Waals surface area contributed by atoms with Crippen molar-refractivity contribution in [3.8, 4) is 5.75 Å². The average Bonchev–Trinajstić information content (AvgIpc) is 2.48. The highest BCUT2D eigenvalue weighted by molar-refractivity contribution is 7.89. The zero-order valence-electron chi connectivity index (χ0n) is 11.6. The van der Waals surface area contributed by atoms with Crippen LogP contribution in [0.25, 0.3) is 0 Å². The Labute approximate surface area is 139 Å². The van der Waals surface area contributed by atoms with E-state index in [2.05, 4.69) is 4.72 Å². The maximum absolute atomic E-state index is 12.2. The third kappa shape index (κ3) is 4.36. The molecule has 0 bridgehead atoms. The first-order valence-electron chi connectivity index (χ1n) is 6.62. The molecule has 7 heteroatoms. The summed E-state index contributed by atoms with van der Waals surface area (Å²) in [5, 5.41) is 9.83. The van der Waals surface area contributed by atoms with E-state index in [1.165, 1.54) is 12.1 Å². The summed E-state index contributed by atoms with van der Waals surface area (Å²) in [6.45, 7) is 0.251. The van der Waals surface area contributed by atoms with Gasteiger partial charge in [0.2, 0.25) is 10.0 Å². The van der Waals surface area contributed by atoms with E-state index in [4.69, 9.17) is 23.2 Å². The molecule has 0 atom stereocenters. The number of halogens is 2. The first-order valence-corrected chi connectivity index (χ1v) is 8.85. The summed E-state index contributed by atoms with van der Waals surface area (Å²) in [6.07, 6.45) is 1.39. The second-order valence-corrected chi connectivity index (χ2v) is 7.30. The fourth-order valence-electron chi connectivity index (χ4n) is 1.97. The van der Waals surface area contributed by atoms with Gasteiger partial charge in [-0.05, 0) is 30.5 Å². The van der Waals surface area contributed by atoms with Gasteiger partial charge in [0, 0.05) is 11.6 Å². The lowest BCUT2D eigenvalue weighted by molar-refractivity contribution is 0.458. The largest absolute Gasteiger partial charge is 0.505 e. The van der Waals surface area contributed by atoms with Crippen LogP contribution < -0.4 is 4.72 Å². The van der Waals surface area contributed by atoms with Crippen molar-refractivity contribution in [2.75, 3.05) is 6.54 Å². The Balaban J connectivity index is 2.00. The number of benzene rings is 2. The van der Waals surface area contributed by atoms with Gasteiger partial charge < -0.3 is 5.11 Å². The molecule has 4 nitrogen and oxygen atoms in total. The number of rotatable bonds is 6. The maximum Gasteiger partial charge on any atom is 0.244 e. The van der Waals surface area contributed by atoms with Crippen molar-refractivity contribution in [3.05, 3.63) is 58.1 Å². The van der Waals surface area contributed by atoms with E-state index in [9.17, 15) is 13.5 Å². The number of sulfonamides is 1. The molecule has 2 rings (SSSR count). The molecular weight excluding hydrogens is 345 g/mol. The van der Waals surface area contributed by atoms with Crippen molar-refractivity contribution in [2.45, 2.75) is 17.7 Å². The van der Waals surface area contributed by atoms with Crippen LogP contribution in [0.5, 0.6) is 5.75 Å². The van der Waals surface area contributed by atoms with Gasteiger partial charge in [-0.3, -0.25) is 0 Å². The predicted molar refractivity (Wildman–Crippen MR) is 88.1 cm³/mol. The molecular formula is C15H15Cl2NO3S. The third-order valence-electron chi connectivity index (χ3n) is 3.06. The molecule has 0 saturated heterocycles. The number of phenolic OH excluding ortho intramolecular Hbond substituents is 1. The van der Waals surface area contributed by atoms with Crippen LogP contribution in [0.1, 0.15) is 12.0 Å². The number of aryl methyl sites for hydroxylation is 1. The van der Waals surface area contributed by atoms with E-state index >= 15 is 0 Å². The number of nitrogens with one attached hydrogen (secondary N) is 1. The van der Waals surface area contributed by atoms with Gasteiger partial charge in [0.1, 0.15) is 4.90 Å². The molecule has 0 unspecified atom stereocenters. The minimum Gasteiger partial charge on any atom is -0.505 e. The van der Waals surface area contributed by atoms with Crippen LogP contribution in [-0.4, -0.2) is 20.1 Å². The molecule has 22 heavy (non-hydrogen) atoms. The van der Waals surface area contributed by atoms with Crippen LogP contribution in [-0.2, 0) is 16.4 Å². The molecule has 0 amide bonds. The van der Waals surface area contributed by atoms with E-state index in [1.54, 1.807) is 0 Å². The van der Waals surface area contributed by atoms with Crippen LogP contribution in [0.3, 0.4) is 0 Å². The molecule has 0 radical (unpaired) electrons. The van der Waals surface area contributed by atoms with Crippen LogP contribution in [0.4, 0.5) is 0 Å². The quantitative estimate of drug-likeness (QED) is 0.774. The van der Waals surface area contributed by atoms with Gasteiger partial charge >= 0.3 is 0 Å². The third-order valence-corrected chi connectivity index (χ3v) is 5.04. The van der Waals surface area contributed by atoms with Gasteiger partial charge in [-0.15, -0.1) is 0 Å². The predicted octanol–water partition coefficient (Wildman–Crippen LogP) is 3.61. The van der Waals surface area contributed by atoms with E-state index in [0.717, 1.165) is 12.0 Å². The normalized spacial score (nSPS) is 11.5. The molecule has 2 aromatic carbocycles. The molecule has 2 N–H and O–H groups in total. The average molecular weight is 360 g/mol. The highest BCUT2D eigenvalue weighted by atomic mass is 35.5. The molecule has 0 aliphatic carbocycles. The Morgan fingerprint density at radius 1 is 1.09 bits per heavy atom. The summed E-state index contributed by atoms with van der Waals surface area (Å²) in [6, 6.07) is 12.2. The van der Waals surface area contributed by atoms with Crippen LogP contribution >= 0.6 is 23.2 Å². The van der Waals surface area contributed by atoms with Crippen LogP contribution in [0, 0.1) is 0 Å². The molecule has 0 aliphatic rings. The van der Waals surface area contributed by atoms with E-state index in [0.29, 0.717) is 6.42 Å². The standard InChI is InChI=1S/C15H15Cl2NO3S/c16-12-9-13(17)15(19)14(10-12)22(20,21)18-8-4-7-11-5-2-1-3-6-11/h1-3,5-6,9-10,18-19H,4,7-8H2. The monoisotopic (exact) mass is 359 g/mol. The van der Waals surface area contributed by atoms with Crippen molar-refractivity contribution in [1.29, 1.82) is 0 Å². The van der Waals surface area contributed by atoms with Gasteiger partial charge in [-0.1, -0.05) is 53.5 Å². The lowest BCUT2D eigenvalue weighted by atomic mass is 10.1. The Morgan fingerprint density at radius 2 is 1.77 bits per heavy atom. The number of phenols is 1. The number of aromatic hydroxyl groups is 1. The fraction of sp³-hybridized carbons (Fsp3) is 0.200. The first kappa shape index (κ1) is 17.1. The topological polar surface area (TPSA) is 66.4 Å². The molecule has 0 saturated carbocycles. The summed E-state index contributed by atoms with van der Waals surface area (Å²) in [7, 11) is -3.86. The molecule has 0 aromatic heterocycles. The zero-order chi connectivity index (χ0) is 16.2. The minimum atomic E-state index is -3.86. The summed E-state index contributed by atoms with van der Waals surface area (Å²) < 4.78 is 26.8. The molecule has 118 valence electrons. The van der Waals surface area contributed by atoms with E-state index in [1.807, 2.05) is 30.3 Å². The molecule has 0 aliphatic heterocycles. The Morgan fingerprint density at radius 3 is 2.45 bits per heavy atom. The molecule has 2 aromatic rings. The van der Waals surface area contributed by atoms with Gasteiger partial charge in [-0.25, -0.2) is 13.1 Å². The zero-order valence-corrected chi connectivity index (χ0v) is 13.9. The summed E-state index contributed by atoms with van der Waals surface area (Å²) >= 11 is 11.5. The smallest absolute Gasteiger partial charge is 0.244 e. The summed E-state index contributed by atoms with van der Waals surface area (Å²) in [4.78, 5) is -0.315. The van der Waals surface area contributed by atoms with Gasteiger partial charge in [0.15, 0.2) is 5.75 Å². The number of hydrogen-bond donors (Lipinski definition) is 2. The van der Waals surface area contributed by atoms with Crippen molar-refractivity contribution < 1.29 is 13.5 Å². The molecule has 0 spiro atoms. The van der Waals surface area contributed by atoms with Crippen LogP contribution in [0.15, 0.2) is 47.4 Å². The summed E-state index contributed by atoms with van der Waals surface area (Å²) in [5.74, 6) is -0.498. The molecule has 0 fully saturated rings. The Kier molecular flexibility index (Phi) is 5.69. The van der Waals surface area contributed by atoms with Crippen molar-refractivity contribution >= 4 is 33.2 Å². The minimum absolute atomic E-state index is 0.0999. The van der Waals surface area contributed by atoms with E-state index in [-0.39, 0.29) is 21.5 Å². The second kappa shape index (κ2) is 7.33. The highest BCUT2D eigenvalue weighted by Crippen LogP contribution is 2.33. The summed E-state index contributed by atoms with van der Waals surface area (Å²) in [5.41, 5.74) is 1.13.